The van der Waals surface area contributed by atoms with Crippen molar-refractivity contribution in [3.63, 3.8) is 0 Å². The molecule has 3 rings (SSSR count). The number of rotatable bonds is 2. The Bertz CT molecular complexity index is 520. The Labute approximate surface area is 105 Å². The molecule has 0 radical (unpaired) electrons. The first-order chi connectivity index (χ1) is 8.27. The molecule has 0 saturated carbocycles. The highest BCUT2D eigenvalue weighted by atomic mass is 32.1. The van der Waals surface area contributed by atoms with Gasteiger partial charge in [-0.05, 0) is 29.2 Å². The normalized spacial score (nSPS) is 26.5. The molecule has 1 fully saturated rings. The number of ether oxygens (including phenoxy) is 1. The summed E-state index contributed by atoms with van der Waals surface area (Å²) in [6.45, 7) is 2.92. The first-order valence-electron chi connectivity index (χ1n) is 6.03. The second-order valence-corrected chi connectivity index (χ2v) is 5.65. The zero-order valence-corrected chi connectivity index (χ0v) is 10.6. The first kappa shape index (κ1) is 11.2. The Morgan fingerprint density at radius 1 is 1.41 bits per heavy atom. The molecule has 17 heavy (non-hydrogen) atoms. The average Bonchev–Trinajstić information content (AvgIpc) is 2.95. The Morgan fingerprint density at radius 2 is 2.29 bits per heavy atom. The summed E-state index contributed by atoms with van der Waals surface area (Å²) in [5, 5.41) is 13.8. The van der Waals surface area contributed by atoms with Crippen LogP contribution in [-0.2, 0) is 4.74 Å². The van der Waals surface area contributed by atoms with E-state index in [0.29, 0.717) is 5.92 Å². The highest BCUT2D eigenvalue weighted by Gasteiger charge is 2.32. The third-order valence-electron chi connectivity index (χ3n) is 3.58. The number of benzene rings is 1. The summed E-state index contributed by atoms with van der Waals surface area (Å²) in [6.07, 6.45) is 0.486. The van der Waals surface area contributed by atoms with Crippen LogP contribution >= 0.6 is 11.3 Å². The summed E-state index contributed by atoms with van der Waals surface area (Å²) in [7, 11) is 0. The SMILES string of the molecule is CC1CCOC1C(O)c1cccc2ccsc12. The molecule has 2 nitrogen and oxygen atoms in total. The minimum Gasteiger partial charge on any atom is -0.386 e. The average molecular weight is 248 g/mol. The van der Waals surface area contributed by atoms with Crippen LogP contribution in [-0.4, -0.2) is 17.8 Å². The maximum absolute atomic E-state index is 10.5. The number of thiophene rings is 1. The van der Waals surface area contributed by atoms with Gasteiger partial charge in [-0.2, -0.15) is 0 Å². The van der Waals surface area contributed by atoms with E-state index >= 15 is 0 Å². The Kier molecular flexibility index (Phi) is 2.90. The third-order valence-corrected chi connectivity index (χ3v) is 4.56. The molecule has 3 unspecified atom stereocenters. The molecule has 1 aromatic carbocycles. The van der Waals surface area contributed by atoms with Crippen LogP contribution in [0.1, 0.15) is 25.0 Å². The van der Waals surface area contributed by atoms with Gasteiger partial charge in [0.15, 0.2) is 0 Å². The summed E-state index contributed by atoms with van der Waals surface area (Å²) in [5.74, 6) is 0.431. The van der Waals surface area contributed by atoms with Crippen LogP contribution in [0.5, 0.6) is 0 Å². The van der Waals surface area contributed by atoms with Gasteiger partial charge in [-0.15, -0.1) is 11.3 Å². The summed E-state index contributed by atoms with van der Waals surface area (Å²) in [6, 6.07) is 8.20. The molecule has 0 aliphatic carbocycles. The highest BCUT2D eigenvalue weighted by Crippen LogP contribution is 2.36. The van der Waals surface area contributed by atoms with Gasteiger partial charge in [0.1, 0.15) is 6.10 Å². The van der Waals surface area contributed by atoms with Gasteiger partial charge >= 0.3 is 0 Å². The molecule has 2 aromatic rings. The number of aliphatic hydroxyl groups is 1. The lowest BCUT2D eigenvalue weighted by atomic mass is 9.94. The monoisotopic (exact) mass is 248 g/mol. The number of aliphatic hydroxyl groups excluding tert-OH is 1. The van der Waals surface area contributed by atoms with Crippen LogP contribution in [0.3, 0.4) is 0 Å². The lowest BCUT2D eigenvalue weighted by Gasteiger charge is -2.22. The predicted molar refractivity (Wildman–Crippen MR) is 70.3 cm³/mol. The van der Waals surface area contributed by atoms with Crippen LogP contribution in [0.2, 0.25) is 0 Å². The molecule has 1 aliphatic heterocycles. The van der Waals surface area contributed by atoms with Crippen molar-refractivity contribution in [2.75, 3.05) is 6.61 Å². The zero-order valence-electron chi connectivity index (χ0n) is 9.80. The molecule has 0 amide bonds. The van der Waals surface area contributed by atoms with E-state index < -0.39 is 6.10 Å². The molecule has 1 N–H and O–H groups in total. The standard InChI is InChI=1S/C14H16O2S/c1-9-5-7-16-13(9)12(15)11-4-2-3-10-6-8-17-14(10)11/h2-4,6,8-9,12-13,15H,5,7H2,1H3. The van der Waals surface area contributed by atoms with Crippen molar-refractivity contribution in [2.45, 2.75) is 25.6 Å². The second-order valence-electron chi connectivity index (χ2n) is 4.73. The van der Waals surface area contributed by atoms with E-state index in [2.05, 4.69) is 24.4 Å². The quantitative estimate of drug-likeness (QED) is 0.883. The molecule has 1 aliphatic rings. The second kappa shape index (κ2) is 4.41. The van der Waals surface area contributed by atoms with Gasteiger partial charge in [-0.25, -0.2) is 0 Å². The van der Waals surface area contributed by atoms with E-state index in [1.165, 1.54) is 10.1 Å². The molecule has 3 heteroatoms. The topological polar surface area (TPSA) is 29.5 Å². The number of fused-ring (bicyclic) bond motifs is 1. The molecule has 3 atom stereocenters. The first-order valence-corrected chi connectivity index (χ1v) is 6.91. The van der Waals surface area contributed by atoms with Crippen LogP contribution in [0.15, 0.2) is 29.6 Å². The van der Waals surface area contributed by atoms with Gasteiger partial charge in [0.05, 0.1) is 6.10 Å². The molecule has 0 bridgehead atoms. The Morgan fingerprint density at radius 3 is 3.06 bits per heavy atom. The molecule has 2 heterocycles. The predicted octanol–water partition coefficient (Wildman–Crippen LogP) is 3.36. The van der Waals surface area contributed by atoms with E-state index in [1.54, 1.807) is 11.3 Å². The van der Waals surface area contributed by atoms with Crippen molar-refractivity contribution in [3.05, 3.63) is 35.2 Å². The van der Waals surface area contributed by atoms with Gasteiger partial charge in [0.25, 0.3) is 0 Å². The van der Waals surface area contributed by atoms with Crippen molar-refractivity contribution in [3.8, 4) is 0 Å². The van der Waals surface area contributed by atoms with Crippen molar-refractivity contribution in [1.82, 2.24) is 0 Å². The lowest BCUT2D eigenvalue weighted by Crippen LogP contribution is -2.23. The Balaban J connectivity index is 2.00. The van der Waals surface area contributed by atoms with E-state index in [9.17, 15) is 5.11 Å². The molecule has 0 spiro atoms. The lowest BCUT2D eigenvalue weighted by molar-refractivity contribution is -0.0170. The maximum Gasteiger partial charge on any atom is 0.107 e. The summed E-state index contributed by atoms with van der Waals surface area (Å²) in [5.41, 5.74) is 1.01. The van der Waals surface area contributed by atoms with Crippen molar-refractivity contribution in [2.24, 2.45) is 5.92 Å². The fraction of sp³-hybridized carbons (Fsp3) is 0.429. The van der Waals surface area contributed by atoms with E-state index in [0.717, 1.165) is 18.6 Å². The molecular formula is C14H16O2S. The third kappa shape index (κ3) is 1.88. The Hall–Kier alpha value is -0.900. The summed E-state index contributed by atoms with van der Waals surface area (Å²) >= 11 is 1.69. The molecule has 90 valence electrons. The zero-order chi connectivity index (χ0) is 11.8. The maximum atomic E-state index is 10.5. The van der Waals surface area contributed by atoms with Gasteiger partial charge < -0.3 is 9.84 Å². The van der Waals surface area contributed by atoms with Crippen LogP contribution in [0.4, 0.5) is 0 Å². The smallest absolute Gasteiger partial charge is 0.107 e. The minimum atomic E-state index is -0.505. The summed E-state index contributed by atoms with van der Waals surface area (Å²) in [4.78, 5) is 0. The summed E-state index contributed by atoms with van der Waals surface area (Å²) < 4.78 is 6.84. The molecule has 1 aromatic heterocycles. The number of hydrogen-bond donors (Lipinski definition) is 1. The van der Waals surface area contributed by atoms with Gasteiger partial charge in [0.2, 0.25) is 0 Å². The molecular weight excluding hydrogens is 232 g/mol. The van der Waals surface area contributed by atoms with Crippen molar-refractivity contribution < 1.29 is 9.84 Å². The van der Waals surface area contributed by atoms with Crippen LogP contribution in [0, 0.1) is 5.92 Å². The fourth-order valence-corrected chi connectivity index (χ4v) is 3.49. The van der Waals surface area contributed by atoms with Crippen molar-refractivity contribution in [1.29, 1.82) is 0 Å². The van der Waals surface area contributed by atoms with Gasteiger partial charge in [-0.3, -0.25) is 0 Å². The largest absolute Gasteiger partial charge is 0.386 e. The highest BCUT2D eigenvalue weighted by molar-refractivity contribution is 7.17. The van der Waals surface area contributed by atoms with E-state index in [4.69, 9.17) is 4.74 Å². The van der Waals surface area contributed by atoms with Crippen molar-refractivity contribution >= 4 is 21.4 Å². The van der Waals surface area contributed by atoms with Gasteiger partial charge in [-0.1, -0.05) is 25.1 Å². The molecule has 1 saturated heterocycles. The fourth-order valence-electron chi connectivity index (χ4n) is 2.55. The minimum absolute atomic E-state index is 0.0531. The van der Waals surface area contributed by atoms with Crippen LogP contribution in [0.25, 0.3) is 10.1 Å². The van der Waals surface area contributed by atoms with E-state index in [1.807, 2.05) is 12.1 Å². The van der Waals surface area contributed by atoms with Crippen LogP contribution < -0.4 is 0 Å². The number of hydrogen-bond acceptors (Lipinski definition) is 3. The van der Waals surface area contributed by atoms with E-state index in [-0.39, 0.29) is 6.10 Å². The van der Waals surface area contributed by atoms with Gasteiger partial charge in [0, 0.05) is 16.9 Å².